The molecule has 0 saturated carbocycles. The van der Waals surface area contributed by atoms with Crippen molar-refractivity contribution < 1.29 is 9.53 Å². The first-order valence-corrected chi connectivity index (χ1v) is 10.2. The highest BCUT2D eigenvalue weighted by Gasteiger charge is 2.19. The van der Waals surface area contributed by atoms with Crippen LogP contribution in [0.25, 0.3) is 10.8 Å². The van der Waals surface area contributed by atoms with Gasteiger partial charge in [-0.25, -0.2) is 0 Å². The Labute approximate surface area is 177 Å². The van der Waals surface area contributed by atoms with Crippen LogP contribution in [0.1, 0.15) is 37.8 Å². The van der Waals surface area contributed by atoms with Crippen LogP contribution in [0.5, 0.6) is 5.75 Å². The van der Waals surface area contributed by atoms with Gasteiger partial charge in [-0.2, -0.15) is 0 Å². The van der Waals surface area contributed by atoms with Gasteiger partial charge < -0.3 is 10.1 Å². The maximum absolute atomic E-state index is 12.2. The summed E-state index contributed by atoms with van der Waals surface area (Å²) in [6.07, 6.45) is 3.52. The van der Waals surface area contributed by atoms with Gasteiger partial charge in [0.1, 0.15) is 11.8 Å². The van der Waals surface area contributed by atoms with Crippen molar-refractivity contribution in [2.24, 2.45) is 4.99 Å². The number of anilines is 1. The van der Waals surface area contributed by atoms with E-state index in [1.54, 1.807) is 0 Å². The predicted octanol–water partition coefficient (Wildman–Crippen LogP) is 5.20. The van der Waals surface area contributed by atoms with E-state index in [0.717, 1.165) is 46.2 Å². The number of hydrogen-bond donors (Lipinski definition) is 1. The lowest BCUT2D eigenvalue weighted by molar-refractivity contribution is -0.117. The molecule has 3 aromatic rings. The van der Waals surface area contributed by atoms with E-state index in [4.69, 9.17) is 4.74 Å². The molecule has 4 heteroatoms. The van der Waals surface area contributed by atoms with Gasteiger partial charge in [0.05, 0.1) is 11.7 Å². The van der Waals surface area contributed by atoms with Crippen LogP contribution in [-0.2, 0) is 4.79 Å². The van der Waals surface area contributed by atoms with Crippen molar-refractivity contribution in [3.63, 3.8) is 0 Å². The molecule has 0 aromatic heterocycles. The first-order valence-electron chi connectivity index (χ1n) is 10.2. The summed E-state index contributed by atoms with van der Waals surface area (Å²) in [6, 6.07) is 19.5. The molecular formula is C26H24N2O2. The smallest absolute Gasteiger partial charge is 0.249 e. The summed E-state index contributed by atoms with van der Waals surface area (Å²) in [5.74, 6) is 7.27. The fourth-order valence-corrected chi connectivity index (χ4v) is 3.44. The Morgan fingerprint density at radius 1 is 1.07 bits per heavy atom. The molecule has 4 rings (SSSR count). The second-order valence-electron chi connectivity index (χ2n) is 7.57. The molecule has 0 unspecified atom stereocenters. The van der Waals surface area contributed by atoms with Crippen molar-refractivity contribution in [1.82, 2.24) is 0 Å². The average Bonchev–Trinajstić information content (AvgIpc) is 3.29. The molecule has 3 aromatic carbocycles. The van der Waals surface area contributed by atoms with Gasteiger partial charge in [0, 0.05) is 16.6 Å². The molecule has 4 nitrogen and oxygen atoms in total. The fourth-order valence-electron chi connectivity index (χ4n) is 3.44. The summed E-state index contributed by atoms with van der Waals surface area (Å²) in [7, 11) is 0. The quantitative estimate of drug-likeness (QED) is 0.617. The van der Waals surface area contributed by atoms with Gasteiger partial charge in [-0.05, 0) is 68.6 Å². The lowest BCUT2D eigenvalue weighted by Crippen LogP contribution is -2.24. The molecule has 0 fully saturated rings. The monoisotopic (exact) mass is 396 g/mol. The van der Waals surface area contributed by atoms with Crippen LogP contribution >= 0.6 is 0 Å². The topological polar surface area (TPSA) is 50.7 Å². The number of aliphatic imine (C=N–C) groups is 1. The second kappa shape index (κ2) is 8.84. The van der Waals surface area contributed by atoms with E-state index in [1.807, 2.05) is 62.5 Å². The van der Waals surface area contributed by atoms with Crippen LogP contribution in [0.2, 0.25) is 0 Å². The standard InChI is InChI=1S/C26H24N2O2/c1-18(2)30-25-16-12-20-6-3-4-7-22(20)23(25)15-11-19-9-13-21(14-10-19)28-26(29)24-8-5-17-27-24/h3-4,6-7,9-10,12-14,16-18,24H,5,8H2,1-2H3,(H,28,29)/t24-/m1/s1. The van der Waals surface area contributed by atoms with E-state index in [1.165, 1.54) is 0 Å². The minimum atomic E-state index is -0.268. The summed E-state index contributed by atoms with van der Waals surface area (Å²) >= 11 is 0. The Hall–Kier alpha value is -3.58. The van der Waals surface area contributed by atoms with E-state index in [0.29, 0.717) is 0 Å². The number of rotatable bonds is 4. The van der Waals surface area contributed by atoms with Crippen LogP contribution in [0, 0.1) is 11.8 Å². The summed E-state index contributed by atoms with van der Waals surface area (Å²) < 4.78 is 5.99. The number of fused-ring (bicyclic) bond motifs is 1. The van der Waals surface area contributed by atoms with Gasteiger partial charge in [-0.1, -0.05) is 42.2 Å². The molecule has 30 heavy (non-hydrogen) atoms. The minimum Gasteiger partial charge on any atom is -0.490 e. The summed E-state index contributed by atoms with van der Waals surface area (Å²) in [5, 5.41) is 5.12. The number of amides is 1. The van der Waals surface area contributed by atoms with Gasteiger partial charge >= 0.3 is 0 Å². The zero-order valence-corrected chi connectivity index (χ0v) is 17.2. The van der Waals surface area contributed by atoms with E-state index < -0.39 is 0 Å². The molecule has 0 aliphatic carbocycles. The number of ether oxygens (including phenoxy) is 1. The van der Waals surface area contributed by atoms with Crippen molar-refractivity contribution in [3.05, 3.63) is 71.8 Å². The maximum atomic E-state index is 12.2. The van der Waals surface area contributed by atoms with Gasteiger partial charge in [-0.15, -0.1) is 0 Å². The highest BCUT2D eigenvalue weighted by Crippen LogP contribution is 2.28. The molecule has 0 saturated heterocycles. The average molecular weight is 396 g/mol. The van der Waals surface area contributed by atoms with E-state index in [9.17, 15) is 4.79 Å². The number of hydrogen-bond acceptors (Lipinski definition) is 3. The second-order valence-corrected chi connectivity index (χ2v) is 7.57. The number of benzene rings is 3. The van der Waals surface area contributed by atoms with E-state index >= 15 is 0 Å². The van der Waals surface area contributed by atoms with Crippen molar-refractivity contribution in [2.75, 3.05) is 5.32 Å². The molecule has 1 N–H and O–H groups in total. The highest BCUT2D eigenvalue weighted by molar-refractivity contribution is 5.96. The molecule has 1 aliphatic heterocycles. The van der Waals surface area contributed by atoms with E-state index in [-0.39, 0.29) is 18.1 Å². The lowest BCUT2D eigenvalue weighted by Gasteiger charge is -2.13. The third-order valence-electron chi connectivity index (χ3n) is 4.89. The molecule has 1 aliphatic rings. The van der Waals surface area contributed by atoms with Gasteiger partial charge in [0.2, 0.25) is 5.91 Å². The number of nitrogens with zero attached hydrogens (tertiary/aromatic N) is 1. The molecule has 0 bridgehead atoms. The molecule has 1 heterocycles. The Morgan fingerprint density at radius 2 is 1.87 bits per heavy atom. The molecule has 1 atom stereocenters. The third-order valence-corrected chi connectivity index (χ3v) is 4.89. The van der Waals surface area contributed by atoms with Crippen LogP contribution in [0.15, 0.2) is 65.7 Å². The summed E-state index contributed by atoms with van der Waals surface area (Å²) in [6.45, 7) is 4.02. The van der Waals surface area contributed by atoms with Crippen molar-refractivity contribution in [1.29, 1.82) is 0 Å². The van der Waals surface area contributed by atoms with Gasteiger partial charge in [0.15, 0.2) is 0 Å². The first kappa shape index (κ1) is 19.7. The summed E-state index contributed by atoms with van der Waals surface area (Å²) in [5.41, 5.74) is 2.51. The SMILES string of the molecule is CC(C)Oc1ccc2ccccc2c1C#Cc1ccc(NC(=O)[C@H]2CCC=N2)cc1. The van der Waals surface area contributed by atoms with Crippen LogP contribution in [-0.4, -0.2) is 24.3 Å². The number of nitrogens with one attached hydrogen (secondary N) is 1. The molecule has 150 valence electrons. The molecular weight excluding hydrogens is 372 g/mol. The highest BCUT2D eigenvalue weighted by atomic mass is 16.5. The number of carbonyl (C=O) groups is 1. The Balaban J connectivity index is 1.58. The molecule has 0 spiro atoms. The molecule has 0 radical (unpaired) electrons. The van der Waals surface area contributed by atoms with Gasteiger partial charge in [0.25, 0.3) is 0 Å². The fraction of sp³-hybridized carbons (Fsp3) is 0.231. The maximum Gasteiger partial charge on any atom is 0.249 e. The van der Waals surface area contributed by atoms with Crippen molar-refractivity contribution in [2.45, 2.75) is 38.8 Å². The van der Waals surface area contributed by atoms with Crippen molar-refractivity contribution >= 4 is 28.6 Å². The normalized spacial score (nSPS) is 15.1. The largest absolute Gasteiger partial charge is 0.490 e. The third kappa shape index (κ3) is 4.52. The zero-order valence-electron chi connectivity index (χ0n) is 17.2. The van der Waals surface area contributed by atoms with Gasteiger partial charge in [-0.3, -0.25) is 9.79 Å². The van der Waals surface area contributed by atoms with Crippen LogP contribution < -0.4 is 10.1 Å². The molecule has 1 amide bonds. The lowest BCUT2D eigenvalue weighted by atomic mass is 10.0. The Morgan fingerprint density at radius 3 is 2.60 bits per heavy atom. The Bertz CT molecular complexity index is 1150. The summed E-state index contributed by atoms with van der Waals surface area (Å²) in [4.78, 5) is 16.4. The first-order chi connectivity index (χ1) is 14.6. The zero-order chi connectivity index (χ0) is 20.9. The van der Waals surface area contributed by atoms with Crippen LogP contribution in [0.4, 0.5) is 5.69 Å². The minimum absolute atomic E-state index is 0.0613. The van der Waals surface area contributed by atoms with Crippen LogP contribution in [0.3, 0.4) is 0 Å². The predicted molar refractivity (Wildman–Crippen MR) is 122 cm³/mol. The van der Waals surface area contributed by atoms with Crippen molar-refractivity contribution in [3.8, 4) is 17.6 Å². The van der Waals surface area contributed by atoms with E-state index in [2.05, 4.69) is 40.3 Å². The number of carbonyl (C=O) groups excluding carboxylic acids is 1. The Kier molecular flexibility index (Phi) is 5.81.